The van der Waals surface area contributed by atoms with Gasteiger partial charge in [0.05, 0.1) is 11.9 Å². The van der Waals surface area contributed by atoms with Gasteiger partial charge in [-0.15, -0.1) is 0 Å². The van der Waals surface area contributed by atoms with Crippen LogP contribution in [0.25, 0.3) is 22.2 Å². The van der Waals surface area contributed by atoms with E-state index in [2.05, 4.69) is 15.1 Å². The summed E-state index contributed by atoms with van der Waals surface area (Å²) < 4.78 is 11.4. The number of ether oxygens (including phenoxy) is 1. The largest absolute Gasteiger partial charge is 0.470 e. The Hall–Kier alpha value is -4.25. The smallest absolute Gasteiger partial charge is 0.254 e. The molecular formula is C23H17N5O3. The topological polar surface area (TPSA) is 105 Å². The molecule has 2 aromatic carbocycles. The van der Waals surface area contributed by atoms with E-state index in [0.29, 0.717) is 36.4 Å². The van der Waals surface area contributed by atoms with E-state index >= 15 is 0 Å². The number of rotatable bonds is 4. The minimum absolute atomic E-state index is 0.0899. The molecule has 8 heteroatoms. The van der Waals surface area contributed by atoms with Crippen LogP contribution in [0.15, 0.2) is 65.4 Å². The van der Waals surface area contributed by atoms with Crippen LogP contribution >= 0.6 is 0 Å². The first-order chi connectivity index (χ1) is 15.2. The first kappa shape index (κ1) is 18.8. The van der Waals surface area contributed by atoms with Gasteiger partial charge in [-0.3, -0.25) is 4.79 Å². The van der Waals surface area contributed by atoms with Gasteiger partial charge < -0.3 is 14.2 Å². The summed E-state index contributed by atoms with van der Waals surface area (Å²) in [6.45, 7) is 0.965. The predicted molar refractivity (Wildman–Crippen MR) is 111 cm³/mol. The summed E-state index contributed by atoms with van der Waals surface area (Å²) in [4.78, 5) is 22.9. The van der Waals surface area contributed by atoms with Gasteiger partial charge in [-0.25, -0.2) is 9.97 Å². The monoisotopic (exact) mass is 411 g/mol. The molecule has 2 aromatic heterocycles. The van der Waals surface area contributed by atoms with Crippen LogP contribution in [-0.4, -0.2) is 45.1 Å². The Labute approximate surface area is 177 Å². The Morgan fingerprint density at radius 1 is 1.16 bits per heavy atom. The van der Waals surface area contributed by atoms with Gasteiger partial charge >= 0.3 is 0 Å². The summed E-state index contributed by atoms with van der Waals surface area (Å²) in [5, 5.41) is 14.0. The lowest BCUT2D eigenvalue weighted by atomic mass is 10.1. The van der Waals surface area contributed by atoms with Gasteiger partial charge in [0.15, 0.2) is 5.76 Å². The van der Waals surface area contributed by atoms with E-state index in [1.807, 2.05) is 42.5 Å². The second-order valence-electron chi connectivity index (χ2n) is 7.21. The van der Waals surface area contributed by atoms with Gasteiger partial charge in [0.2, 0.25) is 5.69 Å². The molecule has 0 N–H and O–H groups in total. The number of benzene rings is 2. The normalized spacial score (nSPS) is 15.7. The Morgan fingerprint density at radius 3 is 2.84 bits per heavy atom. The van der Waals surface area contributed by atoms with E-state index in [0.717, 1.165) is 10.9 Å². The van der Waals surface area contributed by atoms with E-state index in [4.69, 9.17) is 14.5 Å². The number of aromatic nitrogens is 3. The molecule has 31 heavy (non-hydrogen) atoms. The average Bonchev–Trinajstić information content (AvgIpc) is 3.46. The second-order valence-corrected chi connectivity index (χ2v) is 7.21. The number of hydrogen-bond acceptors (Lipinski definition) is 7. The van der Waals surface area contributed by atoms with Crippen LogP contribution in [0.3, 0.4) is 0 Å². The molecule has 1 atom stereocenters. The standard InChI is InChI=1S/C23H17N5O3/c24-13-20-22(26-10-9-25-20)30-17-8-11-28(14-17)23(29)16-6-7-19-18(12-16)21(31-27-19)15-4-2-1-3-5-15/h1-7,9-10,12,17H,8,11,14H2. The van der Waals surface area contributed by atoms with Crippen LogP contribution in [0.2, 0.25) is 0 Å². The first-order valence-electron chi connectivity index (χ1n) is 9.85. The summed E-state index contributed by atoms with van der Waals surface area (Å²) in [6, 6.07) is 17.0. The molecule has 4 aromatic rings. The maximum atomic E-state index is 13.1. The highest BCUT2D eigenvalue weighted by atomic mass is 16.5. The van der Waals surface area contributed by atoms with Gasteiger partial charge in [0.25, 0.3) is 11.8 Å². The van der Waals surface area contributed by atoms with Crippen molar-refractivity contribution < 1.29 is 14.1 Å². The SMILES string of the molecule is N#Cc1nccnc1OC1CCN(C(=O)c2ccc3noc(-c4ccccc4)c3c2)C1. The molecule has 0 saturated carbocycles. The Morgan fingerprint density at radius 2 is 2.00 bits per heavy atom. The first-order valence-corrected chi connectivity index (χ1v) is 9.85. The molecule has 0 radical (unpaired) electrons. The lowest BCUT2D eigenvalue weighted by Crippen LogP contribution is -2.31. The predicted octanol–water partition coefficient (Wildman–Crippen LogP) is 3.45. The molecule has 0 spiro atoms. The van der Waals surface area contributed by atoms with Crippen LogP contribution in [0.4, 0.5) is 0 Å². The van der Waals surface area contributed by atoms with Crippen molar-refractivity contribution >= 4 is 16.8 Å². The zero-order chi connectivity index (χ0) is 21.2. The molecular weight excluding hydrogens is 394 g/mol. The highest BCUT2D eigenvalue weighted by Crippen LogP contribution is 2.30. The zero-order valence-electron chi connectivity index (χ0n) is 16.4. The molecule has 152 valence electrons. The van der Waals surface area contributed by atoms with E-state index < -0.39 is 0 Å². The van der Waals surface area contributed by atoms with Crippen LogP contribution in [0.5, 0.6) is 5.88 Å². The fourth-order valence-electron chi connectivity index (χ4n) is 3.71. The highest BCUT2D eigenvalue weighted by molar-refractivity contribution is 6.01. The lowest BCUT2D eigenvalue weighted by Gasteiger charge is -2.17. The average molecular weight is 411 g/mol. The van der Waals surface area contributed by atoms with Gasteiger partial charge in [-0.1, -0.05) is 35.5 Å². The number of hydrogen-bond donors (Lipinski definition) is 0. The Kier molecular flexibility index (Phi) is 4.77. The third-order valence-corrected chi connectivity index (χ3v) is 5.24. The summed E-state index contributed by atoms with van der Waals surface area (Å²) >= 11 is 0. The Bertz CT molecular complexity index is 1300. The van der Waals surface area contributed by atoms with Gasteiger partial charge in [0, 0.05) is 36.5 Å². The molecule has 1 fully saturated rings. The number of carbonyl (C=O) groups is 1. The van der Waals surface area contributed by atoms with Crippen LogP contribution in [0.1, 0.15) is 22.5 Å². The molecule has 0 bridgehead atoms. The Balaban J connectivity index is 1.35. The maximum Gasteiger partial charge on any atom is 0.254 e. The number of carbonyl (C=O) groups excluding carboxylic acids is 1. The van der Waals surface area contributed by atoms with E-state index in [9.17, 15) is 4.79 Å². The lowest BCUT2D eigenvalue weighted by molar-refractivity contribution is 0.0771. The second kappa shape index (κ2) is 7.88. The van der Waals surface area contributed by atoms with Gasteiger partial charge in [-0.05, 0) is 18.2 Å². The summed E-state index contributed by atoms with van der Waals surface area (Å²) in [5.41, 5.74) is 2.30. The number of nitriles is 1. The van der Waals surface area contributed by atoms with Crippen molar-refractivity contribution in [2.24, 2.45) is 0 Å². The summed E-state index contributed by atoms with van der Waals surface area (Å²) in [5.74, 6) is 0.745. The van der Waals surface area contributed by atoms with E-state index in [1.54, 1.807) is 17.0 Å². The van der Waals surface area contributed by atoms with Crippen molar-refractivity contribution in [3.8, 4) is 23.3 Å². The van der Waals surface area contributed by atoms with E-state index in [1.165, 1.54) is 12.4 Å². The fraction of sp³-hybridized carbons (Fsp3) is 0.174. The minimum atomic E-state index is -0.244. The number of fused-ring (bicyclic) bond motifs is 1. The molecule has 1 aliphatic heterocycles. The van der Waals surface area contributed by atoms with E-state index in [-0.39, 0.29) is 23.6 Å². The number of likely N-dealkylation sites (tertiary alicyclic amines) is 1. The third kappa shape index (κ3) is 3.57. The van der Waals surface area contributed by atoms with Gasteiger partial charge in [-0.2, -0.15) is 5.26 Å². The molecule has 0 aliphatic carbocycles. The summed E-state index contributed by atoms with van der Waals surface area (Å²) in [6.07, 6.45) is 3.33. The van der Waals surface area contributed by atoms with Crippen molar-refractivity contribution in [1.29, 1.82) is 5.26 Å². The van der Waals surface area contributed by atoms with Crippen LogP contribution in [0, 0.1) is 11.3 Å². The van der Waals surface area contributed by atoms with Crippen molar-refractivity contribution in [2.75, 3.05) is 13.1 Å². The minimum Gasteiger partial charge on any atom is -0.470 e. The maximum absolute atomic E-state index is 13.1. The molecule has 3 heterocycles. The quantitative estimate of drug-likeness (QED) is 0.506. The number of amides is 1. The zero-order valence-corrected chi connectivity index (χ0v) is 16.4. The highest BCUT2D eigenvalue weighted by Gasteiger charge is 2.29. The van der Waals surface area contributed by atoms with Crippen molar-refractivity contribution in [3.05, 3.63) is 72.2 Å². The third-order valence-electron chi connectivity index (χ3n) is 5.24. The van der Waals surface area contributed by atoms with Crippen LogP contribution in [-0.2, 0) is 0 Å². The molecule has 8 nitrogen and oxygen atoms in total. The van der Waals surface area contributed by atoms with Crippen molar-refractivity contribution in [1.82, 2.24) is 20.0 Å². The number of nitrogens with zero attached hydrogens (tertiary/aromatic N) is 5. The van der Waals surface area contributed by atoms with Crippen molar-refractivity contribution in [2.45, 2.75) is 12.5 Å². The molecule has 1 unspecified atom stereocenters. The molecule has 1 amide bonds. The van der Waals surface area contributed by atoms with Crippen molar-refractivity contribution in [3.63, 3.8) is 0 Å². The van der Waals surface area contributed by atoms with Gasteiger partial charge in [0.1, 0.15) is 17.7 Å². The molecule has 1 aliphatic rings. The molecule has 5 rings (SSSR count). The summed E-state index contributed by atoms with van der Waals surface area (Å²) in [7, 11) is 0. The fourth-order valence-corrected chi connectivity index (χ4v) is 3.71. The molecule has 1 saturated heterocycles. The van der Waals surface area contributed by atoms with Crippen LogP contribution < -0.4 is 4.74 Å².